The molecule has 0 unspecified atom stereocenters. The number of thiocarbonyl (C=S) groups is 1. The molecule has 2 aliphatic rings. The van der Waals surface area contributed by atoms with Crippen LogP contribution in [0.2, 0.25) is 0 Å². The zero-order valence-corrected chi connectivity index (χ0v) is 17.6. The maximum atomic E-state index is 12.6. The number of aromatic nitrogens is 1. The van der Waals surface area contributed by atoms with Gasteiger partial charge in [0.2, 0.25) is 0 Å². The molecule has 1 N–H and O–H groups in total. The Bertz CT molecular complexity index is 1240. The normalized spacial score (nSPS) is 17.3. The average molecular weight is 435 g/mol. The highest BCUT2D eigenvalue weighted by molar-refractivity contribution is 8.26. The lowest BCUT2D eigenvalue weighted by Crippen LogP contribution is -2.33. The number of hydrogen-bond acceptors (Lipinski definition) is 4. The minimum Gasteiger partial charge on any atom is -0.480 e. The van der Waals surface area contributed by atoms with Gasteiger partial charge in [0, 0.05) is 16.8 Å². The minimum absolute atomic E-state index is 0.283. The highest BCUT2D eigenvalue weighted by Crippen LogP contribution is 2.37. The van der Waals surface area contributed by atoms with Crippen molar-refractivity contribution in [3.63, 3.8) is 0 Å². The fourth-order valence-electron chi connectivity index (χ4n) is 4.29. The van der Waals surface area contributed by atoms with Crippen LogP contribution in [0.4, 0.5) is 0 Å². The van der Waals surface area contributed by atoms with Crippen LogP contribution in [0.25, 0.3) is 22.7 Å². The standard InChI is InChI=1S/C23H18N2O3S2/c26-21(27)13-24-22(28)20(30-23(24)29)12-14-9-10-19-17(11-14)16-7-4-8-18(16)25(19)15-5-2-1-3-6-15/h1-3,5-6,9-12H,4,7-8,13H2,(H,26,27). The van der Waals surface area contributed by atoms with Crippen LogP contribution in [0.1, 0.15) is 23.2 Å². The SMILES string of the molecule is O=C(O)CN1C(=O)C(=Cc2ccc3c(c2)c2c(n3-c3ccccc3)CCC2)SC1=S. The summed E-state index contributed by atoms with van der Waals surface area (Å²) in [5.41, 5.74) is 5.98. The predicted octanol–water partition coefficient (Wildman–Crippen LogP) is 4.41. The van der Waals surface area contributed by atoms with Gasteiger partial charge < -0.3 is 9.67 Å². The van der Waals surface area contributed by atoms with Crippen molar-refractivity contribution in [2.24, 2.45) is 0 Å². The summed E-state index contributed by atoms with van der Waals surface area (Å²) < 4.78 is 2.62. The van der Waals surface area contributed by atoms with Gasteiger partial charge in [0.25, 0.3) is 5.91 Å². The van der Waals surface area contributed by atoms with Crippen molar-refractivity contribution in [2.75, 3.05) is 6.54 Å². The van der Waals surface area contributed by atoms with E-state index in [0.29, 0.717) is 4.91 Å². The number of carboxylic acid groups (broad SMARTS) is 1. The highest BCUT2D eigenvalue weighted by Gasteiger charge is 2.33. The summed E-state index contributed by atoms with van der Waals surface area (Å²) in [6.07, 6.45) is 5.06. The van der Waals surface area contributed by atoms with E-state index in [1.165, 1.54) is 22.2 Å². The van der Waals surface area contributed by atoms with Gasteiger partial charge in [0.1, 0.15) is 10.9 Å². The Morgan fingerprint density at radius 1 is 1.17 bits per heavy atom. The van der Waals surface area contributed by atoms with E-state index < -0.39 is 12.5 Å². The molecule has 1 aromatic heterocycles. The van der Waals surface area contributed by atoms with E-state index in [0.717, 1.165) is 47.2 Å². The Balaban J connectivity index is 1.57. The Morgan fingerprint density at radius 3 is 2.73 bits per heavy atom. The van der Waals surface area contributed by atoms with Gasteiger partial charge in [0.05, 0.1) is 10.4 Å². The lowest BCUT2D eigenvalue weighted by molar-refractivity contribution is -0.140. The van der Waals surface area contributed by atoms with Gasteiger partial charge in [0.15, 0.2) is 0 Å². The first-order valence-corrected chi connectivity index (χ1v) is 10.9. The van der Waals surface area contributed by atoms with E-state index in [4.69, 9.17) is 17.3 Å². The number of nitrogens with zero attached hydrogens (tertiary/aromatic N) is 2. The molecule has 1 amide bonds. The van der Waals surface area contributed by atoms with Gasteiger partial charge in [-0.1, -0.05) is 48.2 Å². The number of carboxylic acids is 1. The van der Waals surface area contributed by atoms with E-state index >= 15 is 0 Å². The van der Waals surface area contributed by atoms with Crippen LogP contribution in [0.15, 0.2) is 53.4 Å². The van der Waals surface area contributed by atoms with Crippen LogP contribution < -0.4 is 0 Å². The number of amides is 1. The molecule has 5 rings (SSSR count). The largest absolute Gasteiger partial charge is 0.480 e. The fraction of sp³-hybridized carbons (Fsp3) is 0.174. The summed E-state index contributed by atoms with van der Waals surface area (Å²) >= 11 is 6.34. The monoisotopic (exact) mass is 434 g/mol. The first-order chi connectivity index (χ1) is 14.5. The molecule has 2 heterocycles. The maximum Gasteiger partial charge on any atom is 0.323 e. The third-order valence-electron chi connectivity index (χ3n) is 5.52. The summed E-state index contributed by atoms with van der Waals surface area (Å²) in [6, 6.07) is 16.6. The van der Waals surface area contributed by atoms with Crippen molar-refractivity contribution in [3.8, 4) is 5.69 Å². The van der Waals surface area contributed by atoms with Crippen LogP contribution >= 0.6 is 24.0 Å². The zero-order chi connectivity index (χ0) is 20.8. The van der Waals surface area contributed by atoms with Gasteiger partial charge in [-0.3, -0.25) is 14.5 Å². The Labute approximate surface area is 183 Å². The highest BCUT2D eigenvalue weighted by atomic mass is 32.2. The molecule has 2 aromatic carbocycles. The molecule has 150 valence electrons. The molecule has 1 saturated heterocycles. The molecule has 7 heteroatoms. The summed E-state index contributed by atoms with van der Waals surface area (Å²) in [4.78, 5) is 25.2. The molecular weight excluding hydrogens is 416 g/mol. The Kier molecular flexibility index (Phi) is 4.72. The van der Waals surface area contributed by atoms with E-state index in [2.05, 4.69) is 41.0 Å². The second-order valence-electron chi connectivity index (χ2n) is 7.39. The van der Waals surface area contributed by atoms with Crippen molar-refractivity contribution in [2.45, 2.75) is 19.3 Å². The number of thioether (sulfide) groups is 1. The van der Waals surface area contributed by atoms with E-state index in [-0.39, 0.29) is 10.2 Å². The molecule has 0 atom stereocenters. The lowest BCUT2D eigenvalue weighted by atomic mass is 10.1. The molecule has 0 bridgehead atoms. The summed E-state index contributed by atoms with van der Waals surface area (Å²) in [6.45, 7) is -0.408. The number of carbonyl (C=O) groups excluding carboxylic acids is 1. The fourth-order valence-corrected chi connectivity index (χ4v) is 5.54. The third-order valence-corrected chi connectivity index (χ3v) is 6.90. The first-order valence-electron chi connectivity index (χ1n) is 9.72. The number of para-hydroxylation sites is 1. The Morgan fingerprint density at radius 2 is 1.97 bits per heavy atom. The number of aliphatic carboxylic acids is 1. The molecule has 30 heavy (non-hydrogen) atoms. The van der Waals surface area contributed by atoms with E-state index in [1.807, 2.05) is 18.2 Å². The topological polar surface area (TPSA) is 62.5 Å². The van der Waals surface area contributed by atoms with Crippen molar-refractivity contribution in [1.29, 1.82) is 0 Å². The third kappa shape index (κ3) is 3.14. The van der Waals surface area contributed by atoms with Crippen molar-refractivity contribution in [1.82, 2.24) is 9.47 Å². The molecule has 5 nitrogen and oxygen atoms in total. The van der Waals surface area contributed by atoms with E-state index in [1.54, 1.807) is 0 Å². The maximum absolute atomic E-state index is 12.6. The predicted molar refractivity (Wildman–Crippen MR) is 123 cm³/mol. The van der Waals surface area contributed by atoms with Crippen LogP contribution in [0, 0.1) is 0 Å². The number of benzene rings is 2. The van der Waals surface area contributed by atoms with Crippen LogP contribution in [0.3, 0.4) is 0 Å². The minimum atomic E-state index is -1.08. The lowest BCUT2D eigenvalue weighted by Gasteiger charge is -2.10. The Hall–Kier alpha value is -2.90. The van der Waals surface area contributed by atoms with Gasteiger partial charge in [-0.05, 0) is 60.7 Å². The average Bonchev–Trinajstić information content (AvgIpc) is 3.38. The van der Waals surface area contributed by atoms with Gasteiger partial charge in [-0.25, -0.2) is 0 Å². The molecule has 1 aliphatic carbocycles. The number of carbonyl (C=O) groups is 2. The van der Waals surface area contributed by atoms with Crippen LogP contribution in [-0.2, 0) is 22.4 Å². The van der Waals surface area contributed by atoms with Crippen molar-refractivity contribution < 1.29 is 14.7 Å². The van der Waals surface area contributed by atoms with Gasteiger partial charge in [-0.2, -0.15) is 0 Å². The summed E-state index contributed by atoms with van der Waals surface area (Å²) in [7, 11) is 0. The number of fused-ring (bicyclic) bond motifs is 3. The quantitative estimate of drug-likeness (QED) is 0.487. The first kappa shape index (κ1) is 19.1. The second kappa shape index (κ2) is 7.41. The number of rotatable bonds is 4. The second-order valence-corrected chi connectivity index (χ2v) is 9.06. The van der Waals surface area contributed by atoms with Crippen molar-refractivity contribution in [3.05, 3.63) is 70.3 Å². The van der Waals surface area contributed by atoms with Crippen LogP contribution in [-0.4, -0.2) is 37.3 Å². The van der Waals surface area contributed by atoms with Crippen molar-refractivity contribution >= 4 is 57.2 Å². The number of aryl methyl sites for hydroxylation is 1. The molecule has 0 spiro atoms. The molecule has 0 saturated carbocycles. The smallest absolute Gasteiger partial charge is 0.323 e. The van der Waals surface area contributed by atoms with Gasteiger partial charge >= 0.3 is 5.97 Å². The van der Waals surface area contributed by atoms with E-state index in [9.17, 15) is 9.59 Å². The van der Waals surface area contributed by atoms with Crippen LogP contribution in [0.5, 0.6) is 0 Å². The molecule has 1 fully saturated rings. The molecule has 1 aliphatic heterocycles. The molecule has 3 aromatic rings. The summed E-state index contributed by atoms with van der Waals surface area (Å²) in [5, 5.41) is 10.2. The van der Waals surface area contributed by atoms with Gasteiger partial charge in [-0.15, -0.1) is 0 Å². The zero-order valence-electron chi connectivity index (χ0n) is 16.0. The summed E-state index contributed by atoms with van der Waals surface area (Å²) in [5.74, 6) is -1.42. The number of hydrogen-bond donors (Lipinski definition) is 1. The molecule has 0 radical (unpaired) electrons. The molecular formula is C23H18N2O3S2.